The van der Waals surface area contributed by atoms with Crippen molar-refractivity contribution >= 4 is 25.8 Å². The third-order valence-electron chi connectivity index (χ3n) is 4.02. The summed E-state index contributed by atoms with van der Waals surface area (Å²) in [6, 6.07) is 1.92. The van der Waals surface area contributed by atoms with Gasteiger partial charge >= 0.3 is 0 Å². The average molecular weight is 409 g/mol. The molecular weight excluding hydrogens is 367 g/mol. The lowest BCUT2D eigenvalue weighted by molar-refractivity contribution is -0.111. The first-order valence-electron chi connectivity index (χ1n) is 9.81. The normalized spacial score (nSPS) is 13.0. The quantitative estimate of drug-likeness (QED) is 0.221. The number of carbonyl (C=O) groups is 1. The zero-order valence-corrected chi connectivity index (χ0v) is 19.9. The molecule has 0 N–H and O–H groups in total. The van der Waals surface area contributed by atoms with Crippen LogP contribution in [0.1, 0.15) is 68.2 Å². The molecule has 0 rings (SSSR count). The lowest BCUT2D eigenvalue weighted by Crippen LogP contribution is -2.38. The maximum Gasteiger partial charge on any atom is 0.192 e. The van der Waals surface area contributed by atoms with Crippen LogP contribution in [0.5, 0.6) is 0 Å². The molecule has 26 heavy (non-hydrogen) atoms. The predicted octanol–water partition coefficient (Wildman–Crippen LogP) is 4.76. The molecule has 7 heteroatoms. The number of hydrogen-bond donors (Lipinski definition) is 0. The monoisotopic (exact) mass is 408 g/mol. The van der Waals surface area contributed by atoms with E-state index >= 15 is 0 Å². The Labute approximate surface area is 167 Å². The van der Waals surface area contributed by atoms with Gasteiger partial charge in [0.1, 0.15) is 0 Å². The van der Waals surface area contributed by atoms with Crippen LogP contribution in [0.4, 0.5) is 0 Å². The van der Waals surface area contributed by atoms with E-state index in [0.29, 0.717) is 58.7 Å². The fourth-order valence-corrected chi connectivity index (χ4v) is 4.11. The van der Waals surface area contributed by atoms with E-state index in [-0.39, 0.29) is 5.12 Å². The van der Waals surface area contributed by atoms with Gasteiger partial charge in [-0.1, -0.05) is 11.8 Å². The highest BCUT2D eigenvalue weighted by Crippen LogP contribution is 2.25. The van der Waals surface area contributed by atoms with Gasteiger partial charge in [0.05, 0.1) is 21.5 Å². The fourth-order valence-electron chi connectivity index (χ4n) is 2.73. The van der Waals surface area contributed by atoms with Gasteiger partial charge in [-0.05, 0) is 61.8 Å². The molecule has 5 nitrogen and oxygen atoms in total. The molecular formula is C19H41N2O3PS. The molecule has 0 aliphatic rings. The summed E-state index contributed by atoms with van der Waals surface area (Å²) >= 11 is 1.28. The molecule has 0 bridgehead atoms. The maximum atomic E-state index is 12.0. The first-order valence-corrected chi connectivity index (χ1v) is 11.7. The molecule has 0 amide bonds. The first-order chi connectivity index (χ1) is 12.2. The Morgan fingerprint density at radius 3 is 2.00 bits per heavy atom. The number of nitrogens with zero attached hydrogens (tertiary/aromatic N) is 2. The number of ether oxygens (including phenoxy) is 1. The molecule has 0 aromatic rings. The summed E-state index contributed by atoms with van der Waals surface area (Å²) in [7, 11) is 0.399. The van der Waals surface area contributed by atoms with Gasteiger partial charge in [0.25, 0.3) is 0 Å². The summed E-state index contributed by atoms with van der Waals surface area (Å²) < 4.78 is 13.6. The number of thioether (sulfide) groups is 1. The molecule has 1 atom stereocenters. The highest BCUT2D eigenvalue weighted by atomic mass is 32.2. The van der Waals surface area contributed by atoms with Crippen molar-refractivity contribution in [3.63, 3.8) is 0 Å². The van der Waals surface area contributed by atoms with Crippen molar-refractivity contribution < 1.29 is 14.1 Å². The van der Waals surface area contributed by atoms with Gasteiger partial charge in [-0.25, -0.2) is 0 Å². The van der Waals surface area contributed by atoms with E-state index in [1.54, 1.807) is 0 Å². The molecule has 0 radical (unpaired) electrons. The fraction of sp³-hybridized carbons (Fsp3) is 0.947. The zero-order chi connectivity index (χ0) is 20.1. The Bertz CT molecular complexity index is 353. The van der Waals surface area contributed by atoms with Crippen molar-refractivity contribution in [1.82, 2.24) is 9.57 Å². The Hall–Kier alpha value is 0.290. The zero-order valence-electron chi connectivity index (χ0n) is 18.1. The van der Waals surface area contributed by atoms with Crippen LogP contribution >= 0.6 is 20.7 Å². The van der Waals surface area contributed by atoms with Crippen LogP contribution in [-0.4, -0.2) is 64.6 Å². The summed E-state index contributed by atoms with van der Waals surface area (Å²) in [5, 5.41) is 0.207. The number of hydrogen-bond acceptors (Lipinski definition) is 6. The Morgan fingerprint density at radius 2 is 1.50 bits per heavy atom. The van der Waals surface area contributed by atoms with Gasteiger partial charge in [-0.15, -0.1) is 0 Å². The molecule has 1 unspecified atom stereocenters. The Balaban J connectivity index is 3.67. The molecule has 0 aromatic heterocycles. The molecule has 0 saturated carbocycles. The van der Waals surface area contributed by atoms with Gasteiger partial charge in [0.15, 0.2) is 5.12 Å². The number of carbonyl (C=O) groups excluding carboxylic acids is 1. The second-order valence-corrected chi connectivity index (χ2v) is 9.57. The van der Waals surface area contributed by atoms with Crippen LogP contribution in [0.2, 0.25) is 0 Å². The summed E-state index contributed by atoms with van der Waals surface area (Å²) in [6.07, 6.45) is 1.44. The van der Waals surface area contributed by atoms with Crippen molar-refractivity contribution in [2.24, 2.45) is 0 Å². The lowest BCUT2D eigenvalue weighted by atomic mass is 10.2. The minimum atomic E-state index is 0.207. The summed E-state index contributed by atoms with van der Waals surface area (Å²) in [6.45, 7) is 19.6. The second-order valence-electron chi connectivity index (χ2n) is 7.61. The molecule has 156 valence electrons. The van der Waals surface area contributed by atoms with Gasteiger partial charge in [0, 0.05) is 43.7 Å². The van der Waals surface area contributed by atoms with Gasteiger partial charge in [0.2, 0.25) is 0 Å². The lowest BCUT2D eigenvalue weighted by Gasteiger charge is -2.30. The molecule has 0 saturated heterocycles. The van der Waals surface area contributed by atoms with Gasteiger partial charge in [-0.3, -0.25) is 14.4 Å². The first kappa shape index (κ1) is 26.3. The van der Waals surface area contributed by atoms with E-state index in [9.17, 15) is 4.79 Å². The molecule has 0 aliphatic heterocycles. The number of rotatable bonds is 15. The standard InChI is InChI=1S/C19H41N2O3PS/c1-15(2)20(16(3)4)11-10-19(22)26-14-23-12-9-13-24-25-21(17(5)6)18(7)8/h15-18,25H,9-14H2,1-8H3. The Morgan fingerprint density at radius 1 is 0.923 bits per heavy atom. The van der Waals surface area contributed by atoms with Crippen LogP contribution in [0.3, 0.4) is 0 Å². The highest BCUT2D eigenvalue weighted by molar-refractivity contribution is 8.13. The summed E-state index contributed by atoms with van der Waals surface area (Å²) in [5.41, 5.74) is 0. The van der Waals surface area contributed by atoms with E-state index < -0.39 is 0 Å². The van der Waals surface area contributed by atoms with E-state index in [1.807, 2.05) is 0 Å². The van der Waals surface area contributed by atoms with Crippen LogP contribution in [0.25, 0.3) is 0 Å². The second kappa shape index (κ2) is 15.2. The largest absolute Gasteiger partial charge is 0.370 e. The van der Waals surface area contributed by atoms with Crippen molar-refractivity contribution in [3.05, 3.63) is 0 Å². The predicted molar refractivity (Wildman–Crippen MR) is 116 cm³/mol. The minimum Gasteiger partial charge on any atom is -0.370 e. The smallest absolute Gasteiger partial charge is 0.192 e. The van der Waals surface area contributed by atoms with Gasteiger partial charge < -0.3 is 9.26 Å². The van der Waals surface area contributed by atoms with Crippen LogP contribution in [0, 0.1) is 0 Å². The summed E-state index contributed by atoms with van der Waals surface area (Å²) in [4.78, 5) is 14.3. The van der Waals surface area contributed by atoms with E-state index in [0.717, 1.165) is 13.0 Å². The van der Waals surface area contributed by atoms with Crippen LogP contribution in [0.15, 0.2) is 0 Å². The van der Waals surface area contributed by atoms with Crippen LogP contribution < -0.4 is 0 Å². The molecule has 0 aromatic carbocycles. The molecule has 0 fully saturated rings. The SMILES string of the molecule is CC(C)N(CCC(=O)SCOCCCOPN(C(C)C)C(C)C)C(C)C. The topological polar surface area (TPSA) is 42.0 Å². The molecule has 0 spiro atoms. The van der Waals surface area contributed by atoms with E-state index in [1.165, 1.54) is 11.8 Å². The summed E-state index contributed by atoms with van der Waals surface area (Å²) in [5.74, 6) is 0.439. The van der Waals surface area contributed by atoms with Crippen molar-refractivity contribution in [2.75, 3.05) is 25.7 Å². The molecule has 0 heterocycles. The van der Waals surface area contributed by atoms with Gasteiger partial charge in [-0.2, -0.15) is 0 Å². The third kappa shape index (κ3) is 12.6. The van der Waals surface area contributed by atoms with E-state index in [4.69, 9.17) is 9.26 Å². The van der Waals surface area contributed by atoms with Crippen molar-refractivity contribution in [1.29, 1.82) is 0 Å². The minimum absolute atomic E-state index is 0.207. The highest BCUT2D eigenvalue weighted by Gasteiger charge is 2.15. The van der Waals surface area contributed by atoms with Crippen molar-refractivity contribution in [2.45, 2.75) is 92.4 Å². The van der Waals surface area contributed by atoms with E-state index in [2.05, 4.69) is 65.0 Å². The van der Waals surface area contributed by atoms with Crippen molar-refractivity contribution in [3.8, 4) is 0 Å². The third-order valence-corrected chi connectivity index (χ3v) is 6.41. The average Bonchev–Trinajstić information content (AvgIpc) is 2.51. The maximum absolute atomic E-state index is 12.0. The van der Waals surface area contributed by atoms with Crippen LogP contribution in [-0.2, 0) is 14.1 Å². The molecule has 0 aliphatic carbocycles. The Kier molecular flexibility index (Phi) is 15.4.